The standard InChI is InChI=1S/C16H25NOS/c1-12-6-7-15-13(10-12)16(18)14(11-19-15)17-8-4-2-3-5-9-17/h11-13,15H,2-10H2,1H3. The molecule has 19 heavy (non-hydrogen) atoms. The molecule has 0 amide bonds. The van der Waals surface area contributed by atoms with Crippen LogP contribution < -0.4 is 0 Å². The highest BCUT2D eigenvalue weighted by Crippen LogP contribution is 2.42. The van der Waals surface area contributed by atoms with E-state index in [-0.39, 0.29) is 0 Å². The molecule has 0 spiro atoms. The molecule has 0 aromatic heterocycles. The zero-order valence-electron chi connectivity index (χ0n) is 11.9. The number of nitrogens with zero attached hydrogens (tertiary/aromatic N) is 1. The first-order valence-electron chi connectivity index (χ1n) is 7.90. The van der Waals surface area contributed by atoms with Crippen molar-refractivity contribution in [1.29, 1.82) is 0 Å². The maximum absolute atomic E-state index is 12.8. The number of hydrogen-bond acceptors (Lipinski definition) is 3. The monoisotopic (exact) mass is 279 g/mol. The Morgan fingerprint density at radius 1 is 1.16 bits per heavy atom. The van der Waals surface area contributed by atoms with Crippen LogP contribution in [0.25, 0.3) is 0 Å². The average molecular weight is 279 g/mol. The maximum atomic E-state index is 12.8. The van der Waals surface area contributed by atoms with Crippen LogP contribution in [0.4, 0.5) is 0 Å². The lowest BCUT2D eigenvalue weighted by Crippen LogP contribution is -2.40. The highest BCUT2D eigenvalue weighted by Gasteiger charge is 2.39. The van der Waals surface area contributed by atoms with Gasteiger partial charge in [0.2, 0.25) is 0 Å². The summed E-state index contributed by atoms with van der Waals surface area (Å²) < 4.78 is 0. The van der Waals surface area contributed by atoms with Crippen molar-refractivity contribution in [3.8, 4) is 0 Å². The molecule has 3 aliphatic rings. The van der Waals surface area contributed by atoms with Crippen molar-refractivity contribution in [2.75, 3.05) is 13.1 Å². The van der Waals surface area contributed by atoms with E-state index in [1.807, 2.05) is 11.8 Å². The fourth-order valence-corrected chi connectivity index (χ4v) is 5.00. The number of ketones is 1. The van der Waals surface area contributed by atoms with Gasteiger partial charge in [0, 0.05) is 24.3 Å². The van der Waals surface area contributed by atoms with Gasteiger partial charge in [0.05, 0.1) is 5.70 Å². The molecule has 2 nitrogen and oxygen atoms in total. The lowest BCUT2D eigenvalue weighted by molar-refractivity contribution is -0.122. The number of hydrogen-bond donors (Lipinski definition) is 0. The molecular weight excluding hydrogens is 254 g/mol. The minimum atomic E-state index is 0.303. The molecule has 3 heteroatoms. The molecule has 3 rings (SSSR count). The number of fused-ring (bicyclic) bond motifs is 1. The largest absolute Gasteiger partial charge is 0.368 e. The van der Waals surface area contributed by atoms with Crippen LogP contribution in [0, 0.1) is 11.8 Å². The second-order valence-electron chi connectivity index (χ2n) is 6.47. The van der Waals surface area contributed by atoms with Crippen molar-refractivity contribution >= 4 is 17.5 Å². The summed E-state index contributed by atoms with van der Waals surface area (Å²) in [4.78, 5) is 15.2. The summed E-state index contributed by atoms with van der Waals surface area (Å²) in [5.41, 5.74) is 1.04. The summed E-state index contributed by atoms with van der Waals surface area (Å²) in [6.45, 7) is 4.48. The molecule has 2 aliphatic heterocycles. The lowest BCUT2D eigenvalue weighted by Gasteiger charge is -2.38. The number of thioether (sulfide) groups is 1. The van der Waals surface area contributed by atoms with E-state index >= 15 is 0 Å². The molecule has 0 radical (unpaired) electrons. The van der Waals surface area contributed by atoms with Gasteiger partial charge in [0.1, 0.15) is 0 Å². The first-order valence-corrected chi connectivity index (χ1v) is 8.85. The van der Waals surface area contributed by atoms with Crippen LogP contribution >= 0.6 is 11.8 Å². The summed E-state index contributed by atoms with van der Waals surface area (Å²) in [6, 6.07) is 0. The van der Waals surface area contributed by atoms with E-state index in [0.717, 1.165) is 31.1 Å². The zero-order chi connectivity index (χ0) is 13.2. The molecule has 3 atom stereocenters. The molecule has 0 aromatic rings. The molecule has 0 bridgehead atoms. The minimum absolute atomic E-state index is 0.303. The molecular formula is C16H25NOS. The SMILES string of the molecule is CC1CCC2SC=C(N3CCCCCC3)C(=O)C2C1. The van der Waals surface area contributed by atoms with Crippen molar-refractivity contribution in [1.82, 2.24) is 4.90 Å². The van der Waals surface area contributed by atoms with Crippen LogP contribution in [0.3, 0.4) is 0 Å². The van der Waals surface area contributed by atoms with Crippen LogP contribution in [0.5, 0.6) is 0 Å². The van der Waals surface area contributed by atoms with Crippen molar-refractivity contribution in [3.63, 3.8) is 0 Å². The smallest absolute Gasteiger partial charge is 0.183 e. The van der Waals surface area contributed by atoms with Gasteiger partial charge in [0.25, 0.3) is 0 Å². The fourth-order valence-electron chi connectivity index (χ4n) is 3.73. The minimum Gasteiger partial charge on any atom is -0.368 e. The molecule has 106 valence electrons. The van der Waals surface area contributed by atoms with Gasteiger partial charge in [-0.3, -0.25) is 4.79 Å². The van der Waals surface area contributed by atoms with Gasteiger partial charge in [-0.05, 0) is 43.4 Å². The number of likely N-dealkylation sites (tertiary alicyclic amines) is 1. The van der Waals surface area contributed by atoms with Crippen molar-refractivity contribution in [3.05, 3.63) is 11.1 Å². The highest BCUT2D eigenvalue weighted by molar-refractivity contribution is 8.02. The number of allylic oxidation sites excluding steroid dienone is 1. The Morgan fingerprint density at radius 2 is 1.89 bits per heavy atom. The van der Waals surface area contributed by atoms with E-state index in [1.54, 1.807) is 0 Å². The van der Waals surface area contributed by atoms with Crippen LogP contribution in [0.1, 0.15) is 51.9 Å². The van der Waals surface area contributed by atoms with Crippen LogP contribution in [-0.2, 0) is 4.79 Å². The van der Waals surface area contributed by atoms with E-state index in [4.69, 9.17) is 0 Å². The third-order valence-corrected chi connectivity index (χ3v) is 6.21. The van der Waals surface area contributed by atoms with E-state index in [1.165, 1.54) is 38.5 Å². The Morgan fingerprint density at radius 3 is 2.63 bits per heavy atom. The molecule has 0 N–H and O–H groups in total. The lowest BCUT2D eigenvalue weighted by atomic mass is 9.79. The number of carbonyl (C=O) groups is 1. The molecule has 1 aliphatic carbocycles. The number of carbonyl (C=O) groups excluding carboxylic acids is 1. The van der Waals surface area contributed by atoms with Crippen LogP contribution in [0.2, 0.25) is 0 Å². The Bertz CT molecular complexity index is 371. The van der Waals surface area contributed by atoms with E-state index in [0.29, 0.717) is 17.0 Å². The van der Waals surface area contributed by atoms with Crippen LogP contribution in [-0.4, -0.2) is 29.0 Å². The Labute approximate surface area is 121 Å². The van der Waals surface area contributed by atoms with Gasteiger partial charge < -0.3 is 4.90 Å². The molecule has 0 aromatic carbocycles. The Balaban J connectivity index is 1.75. The predicted molar refractivity (Wildman–Crippen MR) is 81.0 cm³/mol. The van der Waals surface area contributed by atoms with Gasteiger partial charge in [-0.1, -0.05) is 19.8 Å². The van der Waals surface area contributed by atoms with Crippen molar-refractivity contribution in [2.24, 2.45) is 11.8 Å². The first kappa shape index (κ1) is 13.5. The Kier molecular flexibility index (Phi) is 4.21. The molecule has 1 saturated carbocycles. The summed E-state index contributed by atoms with van der Waals surface area (Å²) in [5.74, 6) is 1.49. The number of Topliss-reactive ketones (excluding diaryl/α,β-unsaturated/α-hetero) is 1. The number of rotatable bonds is 1. The summed E-state index contributed by atoms with van der Waals surface area (Å²) in [5, 5.41) is 2.75. The first-order chi connectivity index (χ1) is 9.25. The van der Waals surface area contributed by atoms with E-state index in [2.05, 4.69) is 17.2 Å². The maximum Gasteiger partial charge on any atom is 0.183 e. The molecule has 3 unspecified atom stereocenters. The average Bonchev–Trinajstić information content (AvgIpc) is 2.69. The molecule has 2 fully saturated rings. The second kappa shape index (κ2) is 5.90. The summed E-state index contributed by atoms with van der Waals surface area (Å²) >= 11 is 1.94. The highest BCUT2D eigenvalue weighted by atomic mass is 32.2. The van der Waals surface area contributed by atoms with Gasteiger partial charge in [-0.25, -0.2) is 0 Å². The van der Waals surface area contributed by atoms with Gasteiger partial charge >= 0.3 is 0 Å². The van der Waals surface area contributed by atoms with Gasteiger partial charge in [-0.15, -0.1) is 11.8 Å². The topological polar surface area (TPSA) is 20.3 Å². The third-order valence-electron chi connectivity index (χ3n) is 4.94. The van der Waals surface area contributed by atoms with Gasteiger partial charge in [0.15, 0.2) is 5.78 Å². The fraction of sp³-hybridized carbons (Fsp3) is 0.812. The summed E-state index contributed by atoms with van der Waals surface area (Å²) in [6.07, 6.45) is 8.80. The van der Waals surface area contributed by atoms with E-state index in [9.17, 15) is 4.79 Å². The quantitative estimate of drug-likeness (QED) is 0.727. The zero-order valence-corrected chi connectivity index (χ0v) is 12.8. The van der Waals surface area contributed by atoms with Gasteiger partial charge in [-0.2, -0.15) is 0 Å². The van der Waals surface area contributed by atoms with Crippen molar-refractivity contribution < 1.29 is 4.79 Å². The van der Waals surface area contributed by atoms with Crippen molar-refractivity contribution in [2.45, 2.75) is 57.1 Å². The normalized spacial score (nSPS) is 36.5. The molecule has 1 saturated heterocycles. The second-order valence-corrected chi connectivity index (χ2v) is 7.58. The van der Waals surface area contributed by atoms with E-state index < -0.39 is 0 Å². The third kappa shape index (κ3) is 2.86. The molecule has 2 heterocycles. The Hall–Kier alpha value is -0.440. The predicted octanol–water partition coefficient (Wildman–Crippen LogP) is 3.82. The van der Waals surface area contributed by atoms with Crippen LogP contribution in [0.15, 0.2) is 11.1 Å². The summed E-state index contributed by atoms with van der Waals surface area (Å²) in [7, 11) is 0.